The first-order valence-corrected chi connectivity index (χ1v) is 11.4. The topological polar surface area (TPSA) is 65.7 Å². The van der Waals surface area contributed by atoms with Crippen LogP contribution in [0.4, 0.5) is 0 Å². The molecular formula is C25H28BrN3O3. The van der Waals surface area contributed by atoms with Crippen LogP contribution >= 0.6 is 15.9 Å². The first-order valence-electron chi connectivity index (χ1n) is 10.7. The minimum atomic E-state index is -0.209. The summed E-state index contributed by atoms with van der Waals surface area (Å²) in [5.74, 6) is 1.92. The number of benzene rings is 2. The molecule has 0 amide bonds. The van der Waals surface area contributed by atoms with E-state index in [9.17, 15) is 4.79 Å². The van der Waals surface area contributed by atoms with Crippen LogP contribution in [0.1, 0.15) is 44.1 Å². The van der Waals surface area contributed by atoms with Crippen molar-refractivity contribution in [3.05, 3.63) is 74.8 Å². The molecular weight excluding hydrogens is 470 g/mol. The van der Waals surface area contributed by atoms with Crippen LogP contribution < -0.4 is 15.0 Å². The lowest BCUT2D eigenvalue weighted by Crippen LogP contribution is -2.22. The maximum absolute atomic E-state index is 13.1. The van der Waals surface area contributed by atoms with Crippen LogP contribution in [0.2, 0.25) is 0 Å². The van der Waals surface area contributed by atoms with Crippen LogP contribution in [0.25, 0.3) is 10.9 Å². The summed E-state index contributed by atoms with van der Waals surface area (Å²) < 4.78 is 13.9. The standard InChI is InChI=1S/C25H28BrN3O3/c1-6-9-18-12-17(13-22(31-5)24(18)32-16(4)7-2)15-27-29-23(8-3)28-21-11-10-19(26)14-20(21)25(29)30/h6,10-16H,1,7-9H2,2-5H3/t16-/m0/s1. The number of ether oxygens (including phenoxy) is 2. The summed E-state index contributed by atoms with van der Waals surface area (Å²) in [6.45, 7) is 9.91. The van der Waals surface area contributed by atoms with E-state index < -0.39 is 0 Å². The maximum Gasteiger partial charge on any atom is 0.282 e. The Hall–Kier alpha value is -2.93. The Kier molecular flexibility index (Phi) is 7.85. The van der Waals surface area contributed by atoms with Gasteiger partial charge in [-0.15, -0.1) is 6.58 Å². The molecule has 0 unspecified atom stereocenters. The van der Waals surface area contributed by atoms with Gasteiger partial charge < -0.3 is 9.47 Å². The normalized spacial score (nSPS) is 12.3. The molecule has 3 aromatic rings. The van der Waals surface area contributed by atoms with Gasteiger partial charge in [-0.05, 0) is 55.7 Å². The average Bonchev–Trinajstić information content (AvgIpc) is 2.79. The number of hydrogen-bond acceptors (Lipinski definition) is 5. The Bertz CT molecular complexity index is 1220. The van der Waals surface area contributed by atoms with Crippen molar-refractivity contribution in [3.8, 4) is 11.5 Å². The molecule has 32 heavy (non-hydrogen) atoms. The highest BCUT2D eigenvalue weighted by Crippen LogP contribution is 2.34. The van der Waals surface area contributed by atoms with Gasteiger partial charge in [-0.1, -0.05) is 35.9 Å². The summed E-state index contributed by atoms with van der Waals surface area (Å²) in [7, 11) is 1.61. The van der Waals surface area contributed by atoms with Gasteiger partial charge >= 0.3 is 0 Å². The molecule has 1 atom stereocenters. The van der Waals surface area contributed by atoms with Gasteiger partial charge in [0.15, 0.2) is 11.5 Å². The van der Waals surface area contributed by atoms with Gasteiger partial charge in [0.05, 0.1) is 30.3 Å². The van der Waals surface area contributed by atoms with Crippen molar-refractivity contribution in [1.82, 2.24) is 9.66 Å². The monoisotopic (exact) mass is 497 g/mol. The van der Waals surface area contributed by atoms with Crippen molar-refractivity contribution in [1.29, 1.82) is 0 Å². The van der Waals surface area contributed by atoms with Gasteiger partial charge in [0.25, 0.3) is 5.56 Å². The molecule has 0 aliphatic rings. The molecule has 6 nitrogen and oxygen atoms in total. The number of nitrogens with zero attached hydrogens (tertiary/aromatic N) is 3. The largest absolute Gasteiger partial charge is 0.493 e. The molecule has 0 saturated carbocycles. The summed E-state index contributed by atoms with van der Waals surface area (Å²) in [5.41, 5.74) is 2.19. The minimum Gasteiger partial charge on any atom is -0.493 e. The SMILES string of the molecule is C=CCc1cc(C=Nn2c(CC)nc3ccc(Br)cc3c2=O)cc(OC)c1O[C@@H](C)CC. The van der Waals surface area contributed by atoms with Crippen molar-refractivity contribution < 1.29 is 9.47 Å². The highest BCUT2D eigenvalue weighted by molar-refractivity contribution is 9.10. The molecule has 0 bridgehead atoms. The van der Waals surface area contributed by atoms with Crippen LogP contribution in [-0.2, 0) is 12.8 Å². The molecule has 0 aliphatic heterocycles. The van der Waals surface area contributed by atoms with E-state index in [1.807, 2.05) is 44.2 Å². The van der Waals surface area contributed by atoms with Gasteiger partial charge in [0.2, 0.25) is 0 Å². The molecule has 1 heterocycles. The molecule has 7 heteroatoms. The van der Waals surface area contributed by atoms with Gasteiger partial charge in [0.1, 0.15) is 5.82 Å². The molecule has 168 valence electrons. The zero-order chi connectivity index (χ0) is 23.3. The molecule has 0 spiro atoms. The van der Waals surface area contributed by atoms with E-state index in [4.69, 9.17) is 9.47 Å². The number of allylic oxidation sites excluding steroid dienone is 1. The van der Waals surface area contributed by atoms with Crippen LogP contribution in [0.15, 0.2) is 57.4 Å². The summed E-state index contributed by atoms with van der Waals surface area (Å²) >= 11 is 3.42. The van der Waals surface area contributed by atoms with E-state index in [2.05, 4.69) is 39.5 Å². The number of hydrogen-bond donors (Lipinski definition) is 0. The lowest BCUT2D eigenvalue weighted by molar-refractivity contribution is 0.206. The first-order chi connectivity index (χ1) is 15.4. The highest BCUT2D eigenvalue weighted by Gasteiger charge is 2.15. The molecule has 0 saturated heterocycles. The minimum absolute atomic E-state index is 0.0562. The molecule has 0 N–H and O–H groups in total. The van der Waals surface area contributed by atoms with Crippen molar-refractivity contribution >= 4 is 33.0 Å². The predicted octanol–water partition coefficient (Wildman–Crippen LogP) is 5.52. The molecule has 0 fully saturated rings. The summed E-state index contributed by atoms with van der Waals surface area (Å²) in [4.78, 5) is 17.7. The summed E-state index contributed by atoms with van der Waals surface area (Å²) in [5, 5.41) is 5.00. The number of aryl methyl sites for hydroxylation is 1. The van der Waals surface area contributed by atoms with E-state index in [0.717, 1.165) is 22.0 Å². The molecule has 0 aliphatic carbocycles. The Morgan fingerprint density at radius 2 is 2.06 bits per heavy atom. The predicted molar refractivity (Wildman–Crippen MR) is 133 cm³/mol. The quantitative estimate of drug-likeness (QED) is 0.288. The summed E-state index contributed by atoms with van der Waals surface area (Å²) in [6, 6.07) is 9.31. The number of halogens is 1. The van der Waals surface area contributed by atoms with E-state index in [-0.39, 0.29) is 11.7 Å². The van der Waals surface area contributed by atoms with Crippen LogP contribution in [0, 0.1) is 0 Å². The van der Waals surface area contributed by atoms with Crippen LogP contribution in [-0.4, -0.2) is 29.1 Å². The Morgan fingerprint density at radius 3 is 2.72 bits per heavy atom. The molecule has 1 aromatic heterocycles. The maximum atomic E-state index is 13.1. The van der Waals surface area contributed by atoms with Crippen molar-refractivity contribution in [2.45, 2.75) is 46.1 Å². The molecule has 3 rings (SSSR count). The van der Waals surface area contributed by atoms with Crippen LogP contribution in [0.5, 0.6) is 11.5 Å². The third-order valence-electron chi connectivity index (χ3n) is 5.15. The second-order valence-electron chi connectivity index (χ2n) is 7.45. The van der Waals surface area contributed by atoms with Gasteiger partial charge in [-0.25, -0.2) is 4.98 Å². The van der Waals surface area contributed by atoms with E-state index >= 15 is 0 Å². The lowest BCUT2D eigenvalue weighted by atomic mass is 10.1. The fraction of sp³-hybridized carbons (Fsp3) is 0.320. The smallest absolute Gasteiger partial charge is 0.282 e. The van der Waals surface area contributed by atoms with E-state index in [1.54, 1.807) is 19.4 Å². The fourth-order valence-corrected chi connectivity index (χ4v) is 3.66. The number of fused-ring (bicyclic) bond motifs is 1. The van der Waals surface area contributed by atoms with E-state index in [1.165, 1.54) is 4.68 Å². The van der Waals surface area contributed by atoms with Gasteiger partial charge in [-0.3, -0.25) is 4.79 Å². The van der Waals surface area contributed by atoms with Crippen molar-refractivity contribution in [3.63, 3.8) is 0 Å². The second kappa shape index (κ2) is 10.6. The number of aromatic nitrogens is 2. The Labute approximate surface area is 196 Å². The average molecular weight is 498 g/mol. The molecule has 2 aromatic carbocycles. The number of rotatable bonds is 9. The Morgan fingerprint density at radius 1 is 1.28 bits per heavy atom. The zero-order valence-corrected chi connectivity index (χ0v) is 20.5. The third-order valence-corrected chi connectivity index (χ3v) is 5.64. The summed E-state index contributed by atoms with van der Waals surface area (Å²) in [6.07, 6.45) is 5.60. The highest BCUT2D eigenvalue weighted by atomic mass is 79.9. The second-order valence-corrected chi connectivity index (χ2v) is 8.36. The van der Waals surface area contributed by atoms with Crippen molar-refractivity contribution in [2.75, 3.05) is 7.11 Å². The zero-order valence-electron chi connectivity index (χ0n) is 18.9. The lowest BCUT2D eigenvalue weighted by Gasteiger charge is -2.19. The van der Waals surface area contributed by atoms with Crippen molar-refractivity contribution in [2.24, 2.45) is 5.10 Å². The fourth-order valence-electron chi connectivity index (χ4n) is 3.30. The number of methoxy groups -OCH3 is 1. The third kappa shape index (κ3) is 5.10. The van der Waals surface area contributed by atoms with Crippen LogP contribution in [0.3, 0.4) is 0 Å². The van der Waals surface area contributed by atoms with E-state index in [0.29, 0.717) is 41.1 Å². The molecule has 0 radical (unpaired) electrons. The Balaban J connectivity index is 2.10. The van der Waals surface area contributed by atoms with Gasteiger partial charge in [-0.2, -0.15) is 9.78 Å². The first kappa shape index (κ1) is 23.7. The van der Waals surface area contributed by atoms with Gasteiger partial charge in [0, 0.05) is 16.5 Å².